The van der Waals surface area contributed by atoms with E-state index in [-0.39, 0.29) is 32.7 Å². The van der Waals surface area contributed by atoms with Gasteiger partial charge < -0.3 is 10.4 Å². The van der Waals surface area contributed by atoms with Crippen LogP contribution < -0.4 is 5.32 Å². The van der Waals surface area contributed by atoms with Crippen LogP contribution in [0.4, 0.5) is 14.5 Å². The summed E-state index contributed by atoms with van der Waals surface area (Å²) in [6.07, 6.45) is 3.58. The van der Waals surface area contributed by atoms with Crippen molar-refractivity contribution in [3.63, 3.8) is 0 Å². The second-order valence-electron chi connectivity index (χ2n) is 7.41. The van der Waals surface area contributed by atoms with Crippen LogP contribution in [0.1, 0.15) is 18.9 Å². The van der Waals surface area contributed by atoms with E-state index in [9.17, 15) is 14.3 Å². The summed E-state index contributed by atoms with van der Waals surface area (Å²) in [6, 6.07) is 6.57. The van der Waals surface area contributed by atoms with Gasteiger partial charge in [-0.3, -0.25) is 4.79 Å². The van der Waals surface area contributed by atoms with Crippen LogP contribution in [0.15, 0.2) is 65.6 Å². The molecule has 4 rings (SSSR count). The van der Waals surface area contributed by atoms with Gasteiger partial charge >= 0.3 is 0 Å². The maximum atomic E-state index is 16.0. The average molecular weight is 492 g/mol. The number of aliphatic hydroxyl groups excluding tert-OH is 1. The van der Waals surface area contributed by atoms with Crippen molar-refractivity contribution >= 4 is 40.4 Å². The zero-order valence-electron chi connectivity index (χ0n) is 17.1. The van der Waals surface area contributed by atoms with Crippen molar-refractivity contribution in [1.82, 2.24) is 20.0 Å². The number of hydrogen-bond acceptors (Lipinski definition) is 5. The van der Waals surface area contributed by atoms with Crippen LogP contribution in [-0.4, -0.2) is 42.8 Å². The first-order valence-electron chi connectivity index (χ1n) is 9.76. The number of pyridine rings is 1. The van der Waals surface area contributed by atoms with E-state index in [4.69, 9.17) is 23.2 Å². The molecule has 0 fully saturated rings. The van der Waals surface area contributed by atoms with Crippen LogP contribution in [0.5, 0.6) is 0 Å². The Bertz CT molecular complexity index is 1260. The number of carbonyl (C=O) groups excluding carboxylic acids is 1. The van der Waals surface area contributed by atoms with Crippen molar-refractivity contribution in [3.8, 4) is 5.82 Å². The van der Waals surface area contributed by atoms with Gasteiger partial charge in [-0.15, -0.1) is 4.80 Å². The van der Waals surface area contributed by atoms with E-state index in [1.54, 1.807) is 0 Å². The lowest BCUT2D eigenvalue weighted by Crippen LogP contribution is -2.41. The number of aliphatic hydroxyl groups is 1. The molecular formula is C22H17Cl2F2N5O2. The maximum absolute atomic E-state index is 16.0. The van der Waals surface area contributed by atoms with Crippen molar-refractivity contribution in [1.29, 1.82) is 0 Å². The molecule has 0 saturated carbocycles. The minimum Gasteiger partial charge on any atom is -0.390 e. The highest BCUT2D eigenvalue weighted by Gasteiger charge is 2.45. The molecule has 3 aromatic rings. The topological polar surface area (TPSA) is 92.9 Å². The van der Waals surface area contributed by atoms with Crippen molar-refractivity contribution in [2.24, 2.45) is 0 Å². The first-order valence-corrected chi connectivity index (χ1v) is 10.5. The third kappa shape index (κ3) is 4.52. The summed E-state index contributed by atoms with van der Waals surface area (Å²) in [5.74, 6) is -0.904. The number of rotatable bonds is 5. The molecular weight excluding hydrogens is 475 g/mol. The number of alkyl halides is 1. The van der Waals surface area contributed by atoms with E-state index < -0.39 is 29.9 Å². The van der Waals surface area contributed by atoms with E-state index >= 15 is 4.39 Å². The van der Waals surface area contributed by atoms with Crippen molar-refractivity contribution in [2.45, 2.75) is 25.1 Å². The van der Waals surface area contributed by atoms with Crippen molar-refractivity contribution < 1.29 is 18.7 Å². The fourth-order valence-electron chi connectivity index (χ4n) is 3.46. The number of hydrogen-bond donors (Lipinski definition) is 2. The Hall–Kier alpha value is -3.14. The molecule has 7 nitrogen and oxygen atoms in total. The average Bonchev–Trinajstić information content (AvgIpc) is 3.30. The van der Waals surface area contributed by atoms with Crippen LogP contribution in [0.2, 0.25) is 5.02 Å². The summed E-state index contributed by atoms with van der Waals surface area (Å²) in [7, 11) is 0. The SMILES string of the molecule is CC(O)C1(F)CC(C(=O)Nc2cnc(-n3nccn3)c(Cl)c2)=C(Cl)C=C1c1ccc(F)cc1. The zero-order chi connectivity index (χ0) is 23.8. The fourth-order valence-corrected chi connectivity index (χ4v) is 3.97. The van der Waals surface area contributed by atoms with E-state index in [1.165, 1.54) is 66.7 Å². The van der Waals surface area contributed by atoms with Crippen molar-refractivity contribution in [2.75, 3.05) is 5.32 Å². The molecule has 0 aliphatic heterocycles. The molecule has 1 aromatic carbocycles. The summed E-state index contributed by atoms with van der Waals surface area (Å²) in [6.45, 7) is 1.28. The minimum atomic E-state index is -2.32. The molecule has 1 amide bonds. The molecule has 0 spiro atoms. The summed E-state index contributed by atoms with van der Waals surface area (Å²) < 4.78 is 29.3. The largest absolute Gasteiger partial charge is 0.390 e. The number of carbonyl (C=O) groups is 1. The van der Waals surface area contributed by atoms with Gasteiger partial charge in [0.2, 0.25) is 0 Å². The van der Waals surface area contributed by atoms with Crippen molar-refractivity contribution in [3.05, 3.63) is 82.0 Å². The normalized spacial score (nSPS) is 19.3. The lowest BCUT2D eigenvalue weighted by molar-refractivity contribution is -0.113. The summed E-state index contributed by atoms with van der Waals surface area (Å²) in [5, 5.41) is 20.9. The Morgan fingerprint density at radius 3 is 2.52 bits per heavy atom. The molecule has 11 heteroatoms. The highest BCUT2D eigenvalue weighted by molar-refractivity contribution is 6.35. The Balaban J connectivity index is 1.64. The fraction of sp³-hybridized carbons (Fsp3) is 0.182. The van der Waals surface area contributed by atoms with Gasteiger partial charge in [0, 0.05) is 22.6 Å². The number of nitrogens with zero attached hydrogens (tertiary/aromatic N) is 4. The predicted molar refractivity (Wildman–Crippen MR) is 120 cm³/mol. The number of benzene rings is 1. The van der Waals surface area contributed by atoms with Gasteiger partial charge in [-0.2, -0.15) is 10.2 Å². The Kier molecular flexibility index (Phi) is 6.29. The molecule has 0 saturated heterocycles. The van der Waals surface area contributed by atoms with Gasteiger partial charge in [-0.05, 0) is 36.8 Å². The standard InChI is InChI=1S/C22H17Cl2F2N5O2/c1-12(32)22(26)10-16(18(23)9-17(22)13-2-4-14(25)5-3-13)21(33)30-15-8-19(24)20(27-11-15)31-28-6-7-29-31/h2-9,11-12,32H,10H2,1H3,(H,30,33). The zero-order valence-corrected chi connectivity index (χ0v) is 18.6. The van der Waals surface area contributed by atoms with Crippen LogP contribution >= 0.6 is 23.2 Å². The molecule has 0 radical (unpaired) electrons. The Morgan fingerprint density at radius 2 is 1.91 bits per heavy atom. The minimum absolute atomic E-state index is 0.00262. The lowest BCUT2D eigenvalue weighted by Gasteiger charge is -2.35. The maximum Gasteiger partial charge on any atom is 0.253 e. The molecule has 33 heavy (non-hydrogen) atoms. The molecule has 2 heterocycles. The van der Waals surface area contributed by atoms with Crippen LogP contribution in [0, 0.1) is 5.82 Å². The first kappa shape index (κ1) is 23.0. The number of anilines is 1. The third-order valence-electron chi connectivity index (χ3n) is 5.22. The van der Waals surface area contributed by atoms with Gasteiger partial charge in [0.25, 0.3) is 5.91 Å². The van der Waals surface area contributed by atoms with Gasteiger partial charge in [-0.1, -0.05) is 35.3 Å². The van der Waals surface area contributed by atoms with Gasteiger partial charge in [0.05, 0.1) is 35.4 Å². The lowest BCUT2D eigenvalue weighted by atomic mass is 9.77. The molecule has 1 aliphatic carbocycles. The van der Waals surface area contributed by atoms with Gasteiger partial charge in [-0.25, -0.2) is 13.8 Å². The monoisotopic (exact) mass is 491 g/mol. The molecule has 2 aromatic heterocycles. The number of nitrogens with one attached hydrogen (secondary N) is 1. The summed E-state index contributed by atoms with van der Waals surface area (Å²) in [4.78, 5) is 18.3. The quantitative estimate of drug-likeness (QED) is 0.549. The molecule has 1 aliphatic rings. The number of halogens is 4. The van der Waals surface area contributed by atoms with Crippen LogP contribution in [0.3, 0.4) is 0 Å². The third-order valence-corrected chi connectivity index (χ3v) is 5.84. The molecule has 2 N–H and O–H groups in total. The molecule has 170 valence electrons. The number of aromatic nitrogens is 4. The first-order chi connectivity index (χ1) is 15.7. The highest BCUT2D eigenvalue weighted by Crippen LogP contribution is 2.45. The van der Waals surface area contributed by atoms with E-state index in [2.05, 4.69) is 20.5 Å². The molecule has 2 unspecified atom stereocenters. The molecule has 0 bridgehead atoms. The highest BCUT2D eigenvalue weighted by atomic mass is 35.5. The Morgan fingerprint density at radius 1 is 1.24 bits per heavy atom. The van der Waals surface area contributed by atoms with Crippen LogP contribution in [-0.2, 0) is 4.79 Å². The summed E-state index contributed by atoms with van der Waals surface area (Å²) >= 11 is 12.6. The van der Waals surface area contributed by atoms with E-state index in [1.807, 2.05) is 0 Å². The Labute approximate surface area is 197 Å². The smallest absolute Gasteiger partial charge is 0.253 e. The van der Waals surface area contributed by atoms with E-state index in [0.29, 0.717) is 5.56 Å². The summed E-state index contributed by atoms with van der Waals surface area (Å²) in [5.41, 5.74) is -1.75. The van der Waals surface area contributed by atoms with Crippen LogP contribution in [0.25, 0.3) is 11.4 Å². The number of allylic oxidation sites excluding steroid dienone is 2. The second-order valence-corrected chi connectivity index (χ2v) is 8.22. The predicted octanol–water partition coefficient (Wildman–Crippen LogP) is 4.46. The van der Waals surface area contributed by atoms with E-state index in [0.717, 1.165) is 0 Å². The second kappa shape index (κ2) is 9.01. The van der Waals surface area contributed by atoms with Gasteiger partial charge in [0.15, 0.2) is 11.5 Å². The number of amides is 1. The molecule has 2 atom stereocenters. The van der Waals surface area contributed by atoms with Gasteiger partial charge in [0.1, 0.15) is 5.82 Å².